The van der Waals surface area contributed by atoms with Crippen LogP contribution in [0.5, 0.6) is 0 Å². The van der Waals surface area contributed by atoms with Crippen molar-refractivity contribution in [3.05, 3.63) is 36.0 Å². The number of anilines is 2. The molecule has 3 heterocycles. The van der Waals surface area contributed by atoms with Crippen LogP contribution >= 0.6 is 0 Å². The van der Waals surface area contributed by atoms with Crippen molar-refractivity contribution in [3.8, 4) is 0 Å². The first-order valence-electron chi connectivity index (χ1n) is 6.68. The third-order valence-corrected chi connectivity index (χ3v) is 3.28. The van der Waals surface area contributed by atoms with Crippen LogP contribution in [0.1, 0.15) is 24.4 Å². The van der Waals surface area contributed by atoms with Gasteiger partial charge in [0.2, 0.25) is 0 Å². The molecule has 0 bridgehead atoms. The van der Waals surface area contributed by atoms with Crippen molar-refractivity contribution in [2.45, 2.75) is 26.3 Å². The number of furan rings is 1. The fourth-order valence-electron chi connectivity index (χ4n) is 2.34. The summed E-state index contributed by atoms with van der Waals surface area (Å²) < 4.78 is 5.30. The van der Waals surface area contributed by atoms with E-state index in [4.69, 9.17) is 4.42 Å². The minimum Gasteiger partial charge on any atom is -0.467 e. The number of aromatic nitrogens is 2. The molecule has 0 saturated carbocycles. The minimum absolute atomic E-state index is 0.642. The highest BCUT2D eigenvalue weighted by Crippen LogP contribution is 2.20. The maximum Gasteiger partial charge on any atom is 0.134 e. The van der Waals surface area contributed by atoms with Crippen molar-refractivity contribution < 1.29 is 4.42 Å². The van der Waals surface area contributed by atoms with E-state index in [1.54, 1.807) is 6.26 Å². The molecule has 1 aliphatic heterocycles. The molecule has 0 aliphatic carbocycles. The average Bonchev–Trinajstić information content (AvgIpc) is 3.09. The van der Waals surface area contributed by atoms with Crippen molar-refractivity contribution in [1.29, 1.82) is 0 Å². The van der Waals surface area contributed by atoms with Crippen LogP contribution < -0.4 is 10.2 Å². The Morgan fingerprint density at radius 1 is 1.32 bits per heavy atom. The van der Waals surface area contributed by atoms with E-state index in [1.165, 1.54) is 12.8 Å². The van der Waals surface area contributed by atoms with E-state index in [9.17, 15) is 0 Å². The smallest absolute Gasteiger partial charge is 0.134 e. The van der Waals surface area contributed by atoms with E-state index >= 15 is 0 Å². The molecule has 1 fully saturated rings. The molecule has 0 unspecified atom stereocenters. The molecule has 5 heteroatoms. The lowest BCUT2D eigenvalue weighted by atomic mass is 10.4. The first kappa shape index (κ1) is 12.0. The molecule has 19 heavy (non-hydrogen) atoms. The summed E-state index contributed by atoms with van der Waals surface area (Å²) in [4.78, 5) is 11.2. The van der Waals surface area contributed by atoms with Gasteiger partial charge in [0.05, 0.1) is 12.8 Å². The standard InChI is InChI=1S/C14H18N4O/c1-11-16-13(15-10-12-5-4-8-19-12)9-14(17-11)18-6-2-3-7-18/h4-5,8-9H,2-3,6-7,10H2,1H3,(H,15,16,17). The van der Waals surface area contributed by atoms with Crippen LogP contribution in [0, 0.1) is 6.92 Å². The van der Waals surface area contributed by atoms with Gasteiger partial charge in [0.25, 0.3) is 0 Å². The number of aryl methyl sites for hydroxylation is 1. The van der Waals surface area contributed by atoms with Gasteiger partial charge in [0.1, 0.15) is 23.2 Å². The molecule has 1 N–H and O–H groups in total. The molecular weight excluding hydrogens is 240 g/mol. The Balaban J connectivity index is 1.73. The molecule has 100 valence electrons. The van der Waals surface area contributed by atoms with Gasteiger partial charge in [-0.15, -0.1) is 0 Å². The third-order valence-electron chi connectivity index (χ3n) is 3.28. The average molecular weight is 258 g/mol. The van der Waals surface area contributed by atoms with Crippen LogP contribution in [0.4, 0.5) is 11.6 Å². The zero-order valence-corrected chi connectivity index (χ0v) is 11.1. The zero-order valence-electron chi connectivity index (χ0n) is 11.1. The SMILES string of the molecule is Cc1nc(NCc2ccco2)cc(N2CCCC2)n1. The molecule has 5 nitrogen and oxygen atoms in total. The molecule has 1 aliphatic rings. The second-order valence-corrected chi connectivity index (χ2v) is 4.79. The van der Waals surface area contributed by atoms with E-state index in [1.807, 2.05) is 25.1 Å². The second-order valence-electron chi connectivity index (χ2n) is 4.79. The van der Waals surface area contributed by atoms with Gasteiger partial charge in [0, 0.05) is 19.2 Å². The highest BCUT2D eigenvalue weighted by Gasteiger charge is 2.14. The second kappa shape index (κ2) is 5.30. The van der Waals surface area contributed by atoms with Crippen molar-refractivity contribution in [2.24, 2.45) is 0 Å². The Kier molecular flexibility index (Phi) is 3.35. The predicted molar refractivity (Wildman–Crippen MR) is 74.3 cm³/mol. The largest absolute Gasteiger partial charge is 0.467 e. The predicted octanol–water partition coefficient (Wildman–Crippen LogP) is 2.59. The van der Waals surface area contributed by atoms with Gasteiger partial charge >= 0.3 is 0 Å². The maximum atomic E-state index is 5.30. The van der Waals surface area contributed by atoms with Gasteiger partial charge in [0.15, 0.2) is 0 Å². The number of rotatable bonds is 4. The molecule has 2 aromatic heterocycles. The molecular formula is C14H18N4O. The summed E-state index contributed by atoms with van der Waals surface area (Å²) in [6.07, 6.45) is 4.17. The summed E-state index contributed by atoms with van der Waals surface area (Å²) in [5, 5.41) is 3.28. The summed E-state index contributed by atoms with van der Waals surface area (Å²) in [6, 6.07) is 5.85. The van der Waals surface area contributed by atoms with Crippen molar-refractivity contribution in [3.63, 3.8) is 0 Å². The Morgan fingerprint density at radius 2 is 2.16 bits per heavy atom. The Hall–Kier alpha value is -2.04. The topological polar surface area (TPSA) is 54.2 Å². The Labute approximate surface area is 112 Å². The Morgan fingerprint density at radius 3 is 2.89 bits per heavy atom. The number of hydrogen-bond acceptors (Lipinski definition) is 5. The van der Waals surface area contributed by atoms with Crippen LogP contribution in [-0.4, -0.2) is 23.1 Å². The molecule has 3 rings (SSSR count). The lowest BCUT2D eigenvalue weighted by Crippen LogP contribution is -2.20. The number of nitrogens with one attached hydrogen (secondary N) is 1. The molecule has 0 spiro atoms. The maximum absolute atomic E-state index is 5.30. The molecule has 2 aromatic rings. The molecule has 1 saturated heterocycles. The fourth-order valence-corrected chi connectivity index (χ4v) is 2.34. The van der Waals surface area contributed by atoms with Crippen molar-refractivity contribution in [2.75, 3.05) is 23.3 Å². The van der Waals surface area contributed by atoms with Gasteiger partial charge in [-0.2, -0.15) is 0 Å². The van der Waals surface area contributed by atoms with Crippen LogP contribution in [0.15, 0.2) is 28.9 Å². The summed E-state index contributed by atoms with van der Waals surface area (Å²) in [6.45, 7) is 4.75. The van der Waals surface area contributed by atoms with Crippen LogP contribution in [-0.2, 0) is 6.54 Å². The first-order chi connectivity index (χ1) is 9.31. The first-order valence-corrected chi connectivity index (χ1v) is 6.68. The fraction of sp³-hybridized carbons (Fsp3) is 0.429. The van der Waals surface area contributed by atoms with Gasteiger partial charge in [-0.05, 0) is 31.9 Å². The van der Waals surface area contributed by atoms with Crippen molar-refractivity contribution in [1.82, 2.24) is 9.97 Å². The number of hydrogen-bond donors (Lipinski definition) is 1. The highest BCUT2D eigenvalue weighted by molar-refractivity contribution is 5.50. The summed E-state index contributed by atoms with van der Waals surface area (Å²) in [7, 11) is 0. The van der Waals surface area contributed by atoms with E-state index in [2.05, 4.69) is 20.2 Å². The summed E-state index contributed by atoms with van der Waals surface area (Å²) in [5.41, 5.74) is 0. The molecule has 0 aromatic carbocycles. The van der Waals surface area contributed by atoms with Crippen LogP contribution in [0.3, 0.4) is 0 Å². The summed E-state index contributed by atoms with van der Waals surface area (Å²) in [5.74, 6) is 3.57. The van der Waals surface area contributed by atoms with E-state index in [-0.39, 0.29) is 0 Å². The van der Waals surface area contributed by atoms with E-state index in [0.29, 0.717) is 6.54 Å². The van der Waals surface area contributed by atoms with Crippen LogP contribution in [0.2, 0.25) is 0 Å². The molecule has 0 atom stereocenters. The molecule has 0 amide bonds. The normalized spacial score (nSPS) is 14.9. The monoisotopic (exact) mass is 258 g/mol. The van der Waals surface area contributed by atoms with Gasteiger partial charge in [-0.1, -0.05) is 0 Å². The molecule has 0 radical (unpaired) electrons. The lowest BCUT2D eigenvalue weighted by molar-refractivity contribution is 0.517. The number of nitrogens with zero attached hydrogens (tertiary/aromatic N) is 3. The minimum atomic E-state index is 0.642. The lowest BCUT2D eigenvalue weighted by Gasteiger charge is -2.17. The van der Waals surface area contributed by atoms with E-state index < -0.39 is 0 Å². The van der Waals surface area contributed by atoms with Crippen molar-refractivity contribution >= 4 is 11.6 Å². The van der Waals surface area contributed by atoms with Crippen LogP contribution in [0.25, 0.3) is 0 Å². The zero-order chi connectivity index (χ0) is 13.1. The Bertz CT molecular complexity index is 532. The van der Waals surface area contributed by atoms with Gasteiger partial charge < -0.3 is 14.6 Å². The van der Waals surface area contributed by atoms with Gasteiger partial charge in [-0.3, -0.25) is 0 Å². The highest BCUT2D eigenvalue weighted by atomic mass is 16.3. The third kappa shape index (κ3) is 2.86. The quantitative estimate of drug-likeness (QED) is 0.913. The summed E-state index contributed by atoms with van der Waals surface area (Å²) >= 11 is 0. The van der Waals surface area contributed by atoms with E-state index in [0.717, 1.165) is 36.3 Å². The van der Waals surface area contributed by atoms with Gasteiger partial charge in [-0.25, -0.2) is 9.97 Å².